The minimum absolute atomic E-state index is 0.0159. The maximum Gasteiger partial charge on any atom is 0.407 e. The lowest BCUT2D eigenvalue weighted by atomic mass is 10.00. The molecule has 0 saturated heterocycles. The first-order chi connectivity index (χ1) is 61.0. The van der Waals surface area contributed by atoms with Crippen LogP contribution in [0, 0.1) is 104 Å². The minimum Gasteiger partial charge on any atom is -0.464 e. The van der Waals surface area contributed by atoms with Gasteiger partial charge < -0.3 is 82.8 Å². The van der Waals surface area contributed by atoms with E-state index >= 15 is 0 Å². The largest absolute Gasteiger partial charge is 0.464 e. The van der Waals surface area contributed by atoms with Gasteiger partial charge in [0.05, 0.1) is 92.4 Å². The highest BCUT2D eigenvalue weighted by atomic mass is 16.6. The summed E-state index contributed by atoms with van der Waals surface area (Å²) in [5.74, 6) is -2.79. The molecule has 3 N–H and O–H groups in total. The molecule has 130 heavy (non-hydrogen) atoms. The van der Waals surface area contributed by atoms with E-state index in [2.05, 4.69) is 68.1 Å². The molecule has 0 saturated carbocycles. The van der Waals surface area contributed by atoms with E-state index in [1.807, 2.05) is 179 Å². The predicted molar refractivity (Wildman–Crippen MR) is 491 cm³/mol. The number of alkyl carbamates (subject to hydrolysis) is 3. The number of nitrogens with zero attached hydrogens (tertiary/aromatic N) is 8. The number of esters is 8. The molecule has 0 aliphatic carbocycles. The third-order valence-corrected chi connectivity index (χ3v) is 18.4. The standard InChI is InChI=1S/3C13H24N2O.3C13H21NO6.2C8H13NO2/c3*1-6-11(2)12(16)15(13(3,4)5)10-8-7-9-14;3*1-4-10(3)12(16)19-8-9-20-13(17)14-6-7-18-11(15)5-2;2*1-3-7(2)8(10)11-6-4-5-9/h3*11H,6-8,10H2,1-5H3;3*5,10H,2,4,6-9H2,1,3H3,(H,14,17);2*7H,3-4,6H2,1-2H3. The van der Waals surface area contributed by atoms with Crippen molar-refractivity contribution >= 4 is 83.8 Å². The quantitative estimate of drug-likeness (QED) is 0.0220. The molecule has 742 valence electrons. The van der Waals surface area contributed by atoms with Crippen LogP contribution in [0.5, 0.6) is 0 Å². The third-order valence-electron chi connectivity index (χ3n) is 18.4. The van der Waals surface area contributed by atoms with Crippen LogP contribution in [0.15, 0.2) is 38.0 Å². The molecular weight excluding hydrogens is 1680 g/mol. The monoisotopic (exact) mass is 1840 g/mol. The van der Waals surface area contributed by atoms with Crippen LogP contribution < -0.4 is 16.0 Å². The van der Waals surface area contributed by atoms with E-state index in [0.717, 1.165) is 69.6 Å². The Bertz CT molecular complexity index is 3120. The fourth-order valence-corrected chi connectivity index (χ4v) is 8.61. The van der Waals surface area contributed by atoms with Crippen LogP contribution in [0.4, 0.5) is 14.4 Å². The Morgan fingerprint density at radius 1 is 0.277 bits per heavy atom. The summed E-state index contributed by atoms with van der Waals surface area (Å²) in [6.45, 7) is 61.4. The van der Waals surface area contributed by atoms with Gasteiger partial charge in [-0.1, -0.05) is 131 Å². The van der Waals surface area contributed by atoms with Gasteiger partial charge in [-0.2, -0.15) is 26.3 Å². The fourth-order valence-electron chi connectivity index (χ4n) is 8.61. The zero-order chi connectivity index (χ0) is 102. The van der Waals surface area contributed by atoms with Gasteiger partial charge in [0.25, 0.3) is 0 Å². The van der Waals surface area contributed by atoms with Crippen LogP contribution in [0.1, 0.15) is 276 Å². The second kappa shape index (κ2) is 85.7. The third kappa shape index (κ3) is 80.0. The zero-order valence-electron chi connectivity index (χ0n) is 83.1. The maximum absolute atomic E-state index is 12.2. The second-order valence-electron chi connectivity index (χ2n) is 32.2. The number of hydrogen-bond acceptors (Lipinski definition) is 30. The number of amides is 6. The average Bonchev–Trinajstić information content (AvgIpc) is 0.859. The molecular formula is C94H161N11O25. The van der Waals surface area contributed by atoms with Crippen LogP contribution in [-0.2, 0) is 105 Å². The van der Waals surface area contributed by atoms with E-state index in [9.17, 15) is 67.1 Å². The smallest absolute Gasteiger partial charge is 0.407 e. The topological polar surface area (TPSA) is 505 Å². The summed E-state index contributed by atoms with van der Waals surface area (Å²) in [5, 5.41) is 48.9. The first-order valence-corrected chi connectivity index (χ1v) is 44.7. The molecule has 0 aromatic rings. The molecule has 0 fully saturated rings. The SMILES string of the molecule is C=CC(=O)OCCNC(=O)OCCOC(=O)C(C)CC.C=CC(=O)OCCNC(=O)OCCOC(=O)C(C)CC.C=CC(=O)OCCNC(=O)OCCOC(=O)C(C)CC.CCC(C)C(=O)N(CCCC#N)C(C)(C)C.CCC(C)C(=O)N(CCCC#N)C(C)(C)C.CCC(C)C(=O)N(CCCC#N)C(C)(C)C.CCC(C)C(=O)OCCC#N.CCC(C)C(=O)OCCC#N. The molecule has 0 rings (SSSR count). The van der Waals surface area contributed by atoms with Gasteiger partial charge in [-0.05, 0) is 133 Å². The van der Waals surface area contributed by atoms with Gasteiger partial charge >= 0.3 is 66.0 Å². The molecule has 8 unspecified atom stereocenters. The summed E-state index contributed by atoms with van der Waals surface area (Å²) in [6.07, 6.45) is 11.7. The van der Waals surface area contributed by atoms with Gasteiger partial charge in [0.2, 0.25) is 17.7 Å². The number of carbonyl (C=O) groups excluding carboxylic acids is 14. The van der Waals surface area contributed by atoms with Crippen LogP contribution in [0.2, 0.25) is 0 Å². The summed E-state index contributed by atoms with van der Waals surface area (Å²) in [7, 11) is 0. The Hall–Kier alpha value is -11.3. The molecule has 0 bridgehead atoms. The molecule has 0 radical (unpaired) electrons. The van der Waals surface area contributed by atoms with Crippen molar-refractivity contribution in [3.63, 3.8) is 0 Å². The Balaban J connectivity index is -0.000000220. The number of nitriles is 5. The van der Waals surface area contributed by atoms with Gasteiger partial charge in [0.15, 0.2) is 0 Å². The summed E-state index contributed by atoms with van der Waals surface area (Å²) < 4.78 is 52.4. The van der Waals surface area contributed by atoms with E-state index in [0.29, 0.717) is 58.2 Å². The number of ether oxygens (including phenoxy) is 11. The highest BCUT2D eigenvalue weighted by Gasteiger charge is 2.31. The van der Waals surface area contributed by atoms with Crippen molar-refractivity contribution in [2.24, 2.45) is 47.3 Å². The maximum atomic E-state index is 12.2. The van der Waals surface area contributed by atoms with E-state index in [4.69, 9.17) is 64.2 Å². The highest BCUT2D eigenvalue weighted by Crippen LogP contribution is 2.22. The van der Waals surface area contributed by atoms with Crippen molar-refractivity contribution in [2.75, 3.05) is 112 Å². The average molecular weight is 1850 g/mol. The summed E-state index contributed by atoms with van der Waals surface area (Å²) in [4.78, 5) is 163. The van der Waals surface area contributed by atoms with Gasteiger partial charge in [0.1, 0.15) is 72.7 Å². The number of nitrogens with one attached hydrogen (secondary N) is 3. The molecule has 36 heteroatoms. The summed E-state index contributed by atoms with van der Waals surface area (Å²) in [5.41, 5.74) is -0.470. The first-order valence-electron chi connectivity index (χ1n) is 44.7. The van der Waals surface area contributed by atoms with Crippen LogP contribution in [0.3, 0.4) is 0 Å². The molecule has 36 nitrogen and oxygen atoms in total. The molecule has 0 spiro atoms. The number of carbonyl (C=O) groups is 14. The molecule has 8 atom stereocenters. The Kier molecular flexibility index (Phi) is 88.5. The lowest BCUT2D eigenvalue weighted by Gasteiger charge is -2.37. The molecule has 0 aliphatic heterocycles. The first kappa shape index (κ1) is 134. The Morgan fingerprint density at radius 3 is 0.615 bits per heavy atom. The van der Waals surface area contributed by atoms with Crippen molar-refractivity contribution in [1.29, 1.82) is 26.3 Å². The summed E-state index contributed by atoms with van der Waals surface area (Å²) >= 11 is 0. The van der Waals surface area contributed by atoms with Crippen LogP contribution in [0.25, 0.3) is 0 Å². The van der Waals surface area contributed by atoms with E-state index in [-0.39, 0.29) is 217 Å². The van der Waals surface area contributed by atoms with E-state index in [1.165, 1.54) is 0 Å². The van der Waals surface area contributed by atoms with Gasteiger partial charge in [-0.3, -0.25) is 38.4 Å². The van der Waals surface area contributed by atoms with Crippen molar-refractivity contribution in [2.45, 2.75) is 292 Å². The second-order valence-corrected chi connectivity index (χ2v) is 32.2. The van der Waals surface area contributed by atoms with Crippen LogP contribution in [-0.4, -0.2) is 227 Å². The van der Waals surface area contributed by atoms with Gasteiger partial charge in [-0.25, -0.2) is 28.8 Å². The van der Waals surface area contributed by atoms with Crippen molar-refractivity contribution in [3.05, 3.63) is 38.0 Å². The van der Waals surface area contributed by atoms with Crippen molar-refractivity contribution in [3.8, 4) is 30.3 Å². The fraction of sp³-hybridized carbons (Fsp3) is 0.734. The molecule has 0 aromatic carbocycles. The zero-order valence-corrected chi connectivity index (χ0v) is 83.1. The molecule has 0 aliphatic rings. The normalized spacial score (nSPS) is 11.9. The Labute approximate surface area is 776 Å². The summed E-state index contributed by atoms with van der Waals surface area (Å²) in [6, 6.07) is 10.2. The van der Waals surface area contributed by atoms with E-state index in [1.54, 1.807) is 20.8 Å². The molecule has 6 amide bonds. The lowest BCUT2D eigenvalue weighted by Crippen LogP contribution is -2.48. The predicted octanol–water partition coefficient (Wildman–Crippen LogP) is 15.0. The van der Waals surface area contributed by atoms with Gasteiger partial charge in [0, 0.05) is 91.5 Å². The number of rotatable bonds is 50. The van der Waals surface area contributed by atoms with Gasteiger partial charge in [-0.15, -0.1) is 0 Å². The number of hydrogen-bond donors (Lipinski definition) is 3. The minimum atomic E-state index is -0.667. The highest BCUT2D eigenvalue weighted by molar-refractivity contribution is 5.83. The number of unbranched alkanes of at least 4 members (excludes halogenated alkanes) is 3. The molecule has 0 heterocycles. The van der Waals surface area contributed by atoms with Crippen molar-refractivity contribution < 1.29 is 119 Å². The Morgan fingerprint density at radius 2 is 0.454 bits per heavy atom. The van der Waals surface area contributed by atoms with Crippen LogP contribution >= 0.6 is 0 Å². The van der Waals surface area contributed by atoms with E-state index < -0.39 is 36.2 Å². The molecule has 0 aromatic heterocycles. The lowest BCUT2D eigenvalue weighted by molar-refractivity contribution is -0.149. The van der Waals surface area contributed by atoms with Crippen molar-refractivity contribution in [1.82, 2.24) is 30.7 Å².